The molecule has 0 fully saturated rings. The number of pyridine rings is 1. The lowest BCUT2D eigenvalue weighted by Crippen LogP contribution is -2.32. The molecule has 0 radical (unpaired) electrons. The second kappa shape index (κ2) is 9.62. The third-order valence-electron chi connectivity index (χ3n) is 5.10. The van der Waals surface area contributed by atoms with E-state index in [4.69, 9.17) is 16.3 Å². The lowest BCUT2D eigenvalue weighted by molar-refractivity contribution is -0.132. The third kappa shape index (κ3) is 5.03. The second-order valence-corrected chi connectivity index (χ2v) is 7.70. The van der Waals surface area contributed by atoms with E-state index in [1.165, 1.54) is 0 Å². The molecule has 0 saturated carbocycles. The summed E-state index contributed by atoms with van der Waals surface area (Å²) in [6, 6.07) is 19.3. The predicted octanol–water partition coefficient (Wildman–Crippen LogP) is 4.75. The maximum absolute atomic E-state index is 12.5. The summed E-state index contributed by atoms with van der Waals surface area (Å²) in [6.07, 6.45) is 3.31. The van der Waals surface area contributed by atoms with Gasteiger partial charge in [0.2, 0.25) is 0 Å². The average Bonchev–Trinajstić information content (AvgIpc) is 3.28. The van der Waals surface area contributed by atoms with Crippen LogP contribution in [0.15, 0.2) is 66.9 Å². The number of hydrogen-bond donors (Lipinski definition) is 1. The van der Waals surface area contributed by atoms with Gasteiger partial charge in [0.25, 0.3) is 5.91 Å². The van der Waals surface area contributed by atoms with Gasteiger partial charge in [-0.3, -0.25) is 14.9 Å². The van der Waals surface area contributed by atoms with Crippen molar-refractivity contribution in [3.63, 3.8) is 0 Å². The number of hydrogen-bond acceptors (Lipinski definition) is 4. The molecule has 0 aliphatic heterocycles. The number of halogens is 1. The Hall–Kier alpha value is -3.38. The first-order chi connectivity index (χ1) is 15.1. The van der Waals surface area contributed by atoms with Crippen LogP contribution in [0.25, 0.3) is 22.2 Å². The Kier molecular flexibility index (Phi) is 6.48. The van der Waals surface area contributed by atoms with Crippen molar-refractivity contribution in [2.45, 2.75) is 12.8 Å². The van der Waals surface area contributed by atoms with Crippen LogP contribution >= 0.6 is 11.6 Å². The zero-order valence-corrected chi connectivity index (χ0v) is 18.0. The molecule has 0 saturated heterocycles. The number of carbonyl (C=O) groups excluding carboxylic acids is 1. The van der Waals surface area contributed by atoms with Crippen molar-refractivity contribution in [2.75, 3.05) is 20.2 Å². The van der Waals surface area contributed by atoms with E-state index in [0.29, 0.717) is 22.8 Å². The first-order valence-electron chi connectivity index (χ1n) is 10.1. The molecule has 7 heteroatoms. The van der Waals surface area contributed by atoms with Gasteiger partial charge < -0.3 is 9.64 Å². The van der Waals surface area contributed by atoms with Crippen molar-refractivity contribution in [1.82, 2.24) is 20.1 Å². The van der Waals surface area contributed by atoms with Crippen LogP contribution in [-0.2, 0) is 11.2 Å². The quantitative estimate of drug-likeness (QED) is 0.434. The molecular weight excluding hydrogens is 412 g/mol. The fourth-order valence-electron chi connectivity index (χ4n) is 3.36. The highest BCUT2D eigenvalue weighted by Crippen LogP contribution is 2.29. The van der Waals surface area contributed by atoms with E-state index in [-0.39, 0.29) is 12.5 Å². The van der Waals surface area contributed by atoms with E-state index in [9.17, 15) is 4.79 Å². The number of amides is 1. The highest BCUT2D eigenvalue weighted by Gasteiger charge is 2.13. The topological polar surface area (TPSA) is 71.1 Å². The molecular formula is C24H23ClN4O2. The molecule has 0 spiro atoms. The number of ether oxygens (including phenoxy) is 1. The van der Waals surface area contributed by atoms with E-state index < -0.39 is 0 Å². The molecule has 0 aliphatic carbocycles. The van der Waals surface area contributed by atoms with Gasteiger partial charge in [0, 0.05) is 36.4 Å². The Balaban J connectivity index is 1.27. The first-order valence-corrected chi connectivity index (χ1v) is 10.5. The summed E-state index contributed by atoms with van der Waals surface area (Å²) >= 11 is 6.21. The van der Waals surface area contributed by atoms with Crippen molar-refractivity contribution in [2.24, 2.45) is 0 Å². The number of aromatic nitrogens is 3. The Morgan fingerprint density at radius 2 is 1.97 bits per heavy atom. The molecule has 2 heterocycles. The monoisotopic (exact) mass is 434 g/mol. The van der Waals surface area contributed by atoms with Gasteiger partial charge in [-0.2, -0.15) is 5.10 Å². The molecule has 0 unspecified atom stereocenters. The standard InChI is InChI=1S/C24H23ClN4O2/c1-29(14-6-9-18-15-21(28-27-18)17-7-3-2-4-8-17)23(30)16-31-22-12-11-20(25)19-10-5-13-26-24(19)22/h2-5,7-8,10-13,15H,6,9,14,16H2,1H3,(H,27,28). The van der Waals surface area contributed by atoms with Gasteiger partial charge in [-0.25, -0.2) is 0 Å². The zero-order valence-electron chi connectivity index (χ0n) is 17.2. The van der Waals surface area contributed by atoms with Gasteiger partial charge in [-0.1, -0.05) is 41.9 Å². The second-order valence-electron chi connectivity index (χ2n) is 7.30. The molecule has 6 nitrogen and oxygen atoms in total. The summed E-state index contributed by atoms with van der Waals surface area (Å²) in [6.45, 7) is 0.577. The third-order valence-corrected chi connectivity index (χ3v) is 5.43. The summed E-state index contributed by atoms with van der Waals surface area (Å²) in [7, 11) is 1.78. The van der Waals surface area contributed by atoms with Crippen molar-refractivity contribution in [3.8, 4) is 17.0 Å². The predicted molar refractivity (Wildman–Crippen MR) is 122 cm³/mol. The number of benzene rings is 2. The highest BCUT2D eigenvalue weighted by atomic mass is 35.5. The van der Waals surface area contributed by atoms with Crippen LogP contribution in [0.2, 0.25) is 5.02 Å². The lowest BCUT2D eigenvalue weighted by Gasteiger charge is -2.17. The Labute approximate surface area is 185 Å². The van der Waals surface area contributed by atoms with Crippen LogP contribution < -0.4 is 4.74 Å². The van der Waals surface area contributed by atoms with Crippen molar-refractivity contribution in [1.29, 1.82) is 0 Å². The largest absolute Gasteiger partial charge is 0.481 e. The molecule has 4 aromatic rings. The summed E-state index contributed by atoms with van der Waals surface area (Å²) in [4.78, 5) is 18.5. The number of fused-ring (bicyclic) bond motifs is 1. The number of H-pyrrole nitrogens is 1. The van der Waals surface area contributed by atoms with E-state index >= 15 is 0 Å². The van der Waals surface area contributed by atoms with E-state index in [1.54, 1.807) is 30.3 Å². The summed E-state index contributed by atoms with van der Waals surface area (Å²) < 4.78 is 5.75. The highest BCUT2D eigenvalue weighted by molar-refractivity contribution is 6.35. The summed E-state index contributed by atoms with van der Waals surface area (Å²) in [5.74, 6) is 0.460. The average molecular weight is 435 g/mol. The smallest absolute Gasteiger partial charge is 0.260 e. The van der Waals surface area contributed by atoms with Gasteiger partial charge in [-0.15, -0.1) is 0 Å². The molecule has 4 rings (SSSR count). The molecule has 158 valence electrons. The minimum atomic E-state index is -0.0892. The molecule has 2 aromatic heterocycles. The Morgan fingerprint density at radius 3 is 2.81 bits per heavy atom. The molecule has 0 bridgehead atoms. The van der Waals surface area contributed by atoms with Gasteiger partial charge >= 0.3 is 0 Å². The number of nitrogens with zero attached hydrogens (tertiary/aromatic N) is 3. The maximum atomic E-state index is 12.5. The fourth-order valence-corrected chi connectivity index (χ4v) is 3.57. The Bertz CT molecular complexity index is 1180. The summed E-state index contributed by atoms with van der Waals surface area (Å²) in [5, 5.41) is 8.86. The lowest BCUT2D eigenvalue weighted by atomic mass is 10.1. The number of aromatic amines is 1. The minimum Gasteiger partial charge on any atom is -0.481 e. The van der Waals surface area contributed by atoms with E-state index in [1.807, 2.05) is 42.5 Å². The van der Waals surface area contributed by atoms with Gasteiger partial charge in [0.15, 0.2) is 6.61 Å². The Morgan fingerprint density at radius 1 is 1.13 bits per heavy atom. The number of likely N-dealkylation sites (N-methyl/N-ethyl adjacent to an activating group) is 1. The van der Waals surface area contributed by atoms with Crippen LogP contribution in [0, 0.1) is 0 Å². The van der Waals surface area contributed by atoms with Crippen LogP contribution in [0.4, 0.5) is 0 Å². The van der Waals surface area contributed by atoms with Crippen LogP contribution in [0.5, 0.6) is 5.75 Å². The van der Waals surface area contributed by atoms with E-state index in [0.717, 1.165) is 35.2 Å². The number of carbonyl (C=O) groups is 1. The molecule has 1 N–H and O–H groups in total. The summed E-state index contributed by atoms with van der Waals surface area (Å²) in [5.41, 5.74) is 3.71. The molecule has 2 aromatic carbocycles. The number of rotatable bonds is 8. The molecule has 1 amide bonds. The van der Waals surface area contributed by atoms with Gasteiger partial charge in [0.1, 0.15) is 11.3 Å². The number of nitrogens with one attached hydrogen (secondary N) is 1. The van der Waals surface area contributed by atoms with Crippen molar-refractivity contribution < 1.29 is 9.53 Å². The molecule has 0 aliphatic rings. The normalized spacial score (nSPS) is 10.9. The van der Waals surface area contributed by atoms with Crippen molar-refractivity contribution in [3.05, 3.63) is 77.6 Å². The maximum Gasteiger partial charge on any atom is 0.260 e. The van der Waals surface area contributed by atoms with Crippen LogP contribution in [-0.4, -0.2) is 46.2 Å². The van der Waals surface area contributed by atoms with Crippen LogP contribution in [0.1, 0.15) is 12.1 Å². The minimum absolute atomic E-state index is 0.0496. The SMILES string of the molecule is CN(CCCc1cc(-c2ccccc2)n[nH]1)C(=O)COc1ccc(Cl)c2cccnc12. The van der Waals surface area contributed by atoms with Crippen molar-refractivity contribution >= 4 is 28.4 Å². The van der Waals surface area contributed by atoms with Gasteiger partial charge in [-0.05, 0) is 43.2 Å². The zero-order chi connectivity index (χ0) is 21.6. The first kappa shape index (κ1) is 20.9. The molecule has 31 heavy (non-hydrogen) atoms. The fraction of sp³-hybridized carbons (Fsp3) is 0.208. The molecule has 0 atom stereocenters. The van der Waals surface area contributed by atoms with E-state index in [2.05, 4.69) is 21.2 Å². The van der Waals surface area contributed by atoms with Crippen LogP contribution in [0.3, 0.4) is 0 Å². The number of aryl methyl sites for hydroxylation is 1. The van der Waals surface area contributed by atoms with Gasteiger partial charge in [0.05, 0.1) is 10.7 Å².